The summed E-state index contributed by atoms with van der Waals surface area (Å²) in [6.45, 7) is 7.85. The van der Waals surface area contributed by atoms with Crippen molar-refractivity contribution in [2.24, 2.45) is 5.92 Å². The van der Waals surface area contributed by atoms with E-state index in [1.54, 1.807) is 6.07 Å². The maximum atomic E-state index is 11.0. The van der Waals surface area contributed by atoms with Gasteiger partial charge in [0.25, 0.3) is 0 Å². The highest BCUT2D eigenvalue weighted by Crippen LogP contribution is 2.19. The van der Waals surface area contributed by atoms with E-state index in [1.165, 1.54) is 6.20 Å². The van der Waals surface area contributed by atoms with E-state index in [2.05, 4.69) is 18.8 Å². The monoisotopic (exact) mass is 222 g/mol. The Hall–Kier alpha value is -1.58. The third-order valence-corrected chi connectivity index (χ3v) is 2.30. The minimum Gasteiger partial charge on any atom is -0.476 e. The van der Waals surface area contributed by atoms with Gasteiger partial charge >= 0.3 is 5.97 Å². The van der Waals surface area contributed by atoms with Gasteiger partial charge in [-0.3, -0.25) is 0 Å². The Balaban J connectivity index is 3.04. The first-order chi connectivity index (χ1) is 7.56. The summed E-state index contributed by atoms with van der Waals surface area (Å²) in [4.78, 5) is 17.0. The second kappa shape index (κ2) is 5.49. The topological polar surface area (TPSA) is 53.4 Å². The molecular weight excluding hydrogens is 204 g/mol. The Kier molecular flexibility index (Phi) is 4.28. The Morgan fingerprint density at radius 1 is 1.56 bits per heavy atom. The Morgan fingerprint density at radius 2 is 2.25 bits per heavy atom. The molecular formula is C12H18N2O2. The van der Waals surface area contributed by atoms with Crippen molar-refractivity contribution in [2.45, 2.75) is 20.8 Å². The molecule has 0 bridgehead atoms. The van der Waals surface area contributed by atoms with E-state index in [0.29, 0.717) is 11.6 Å². The molecule has 1 rings (SSSR count). The molecule has 0 amide bonds. The van der Waals surface area contributed by atoms with Crippen LogP contribution in [0.4, 0.5) is 5.69 Å². The fourth-order valence-electron chi connectivity index (χ4n) is 1.66. The summed E-state index contributed by atoms with van der Waals surface area (Å²) in [5, 5.41) is 9.06. The van der Waals surface area contributed by atoms with E-state index in [0.717, 1.165) is 13.1 Å². The number of aromatic carboxylic acids is 1. The second-order valence-corrected chi connectivity index (χ2v) is 4.11. The first-order valence-electron chi connectivity index (χ1n) is 5.49. The first-order valence-corrected chi connectivity index (χ1v) is 5.49. The molecule has 0 aromatic carbocycles. The molecule has 0 saturated carbocycles. The third kappa shape index (κ3) is 2.95. The van der Waals surface area contributed by atoms with Gasteiger partial charge in [0.1, 0.15) is 0 Å². The average molecular weight is 222 g/mol. The summed E-state index contributed by atoms with van der Waals surface area (Å²) in [6, 6.07) is 3.58. The molecule has 4 nitrogen and oxygen atoms in total. The van der Waals surface area contributed by atoms with Crippen molar-refractivity contribution < 1.29 is 9.90 Å². The quantitative estimate of drug-likeness (QED) is 0.830. The van der Waals surface area contributed by atoms with Crippen LogP contribution in [0.2, 0.25) is 0 Å². The summed E-state index contributed by atoms with van der Waals surface area (Å²) < 4.78 is 0. The lowest BCUT2D eigenvalue weighted by atomic mass is 10.2. The zero-order chi connectivity index (χ0) is 12.1. The molecule has 0 aliphatic heterocycles. The van der Waals surface area contributed by atoms with E-state index in [-0.39, 0.29) is 5.69 Å². The van der Waals surface area contributed by atoms with E-state index in [4.69, 9.17) is 5.11 Å². The van der Waals surface area contributed by atoms with Crippen molar-refractivity contribution in [3.05, 3.63) is 24.0 Å². The minimum atomic E-state index is -0.974. The summed E-state index contributed by atoms with van der Waals surface area (Å²) >= 11 is 0. The van der Waals surface area contributed by atoms with Crippen LogP contribution in [0.1, 0.15) is 31.3 Å². The van der Waals surface area contributed by atoms with Gasteiger partial charge in [-0.05, 0) is 25.0 Å². The Labute approximate surface area is 95.9 Å². The third-order valence-electron chi connectivity index (χ3n) is 2.30. The van der Waals surface area contributed by atoms with Crippen LogP contribution in [-0.4, -0.2) is 29.1 Å². The fraction of sp³-hybridized carbons (Fsp3) is 0.500. The Bertz CT molecular complexity index is 364. The molecule has 0 atom stereocenters. The molecule has 0 aliphatic carbocycles. The zero-order valence-electron chi connectivity index (χ0n) is 9.97. The molecule has 16 heavy (non-hydrogen) atoms. The molecule has 1 aromatic heterocycles. The van der Waals surface area contributed by atoms with Gasteiger partial charge in [0, 0.05) is 19.3 Å². The highest BCUT2D eigenvalue weighted by atomic mass is 16.4. The molecule has 4 heteroatoms. The van der Waals surface area contributed by atoms with Gasteiger partial charge in [-0.2, -0.15) is 0 Å². The standard InChI is InChI=1S/C12H18N2O2/c1-4-14(8-9(2)3)10-6-5-7-13-11(10)12(15)16/h5-7,9H,4,8H2,1-3H3,(H,15,16). The number of carboxylic acid groups (broad SMARTS) is 1. The molecule has 0 saturated heterocycles. The maximum Gasteiger partial charge on any atom is 0.356 e. The highest BCUT2D eigenvalue weighted by Gasteiger charge is 2.16. The van der Waals surface area contributed by atoms with Crippen molar-refractivity contribution in [3.63, 3.8) is 0 Å². The summed E-state index contributed by atoms with van der Waals surface area (Å²) in [6.07, 6.45) is 1.51. The largest absolute Gasteiger partial charge is 0.476 e. The number of hydrogen-bond acceptors (Lipinski definition) is 3. The number of rotatable bonds is 5. The molecule has 1 aromatic rings. The Morgan fingerprint density at radius 3 is 2.75 bits per heavy atom. The number of pyridine rings is 1. The van der Waals surface area contributed by atoms with Gasteiger partial charge in [0.2, 0.25) is 0 Å². The molecule has 0 fully saturated rings. The smallest absolute Gasteiger partial charge is 0.356 e. The van der Waals surface area contributed by atoms with Crippen molar-refractivity contribution >= 4 is 11.7 Å². The van der Waals surface area contributed by atoms with Crippen LogP contribution in [0, 0.1) is 5.92 Å². The van der Waals surface area contributed by atoms with Crippen molar-refractivity contribution in [3.8, 4) is 0 Å². The summed E-state index contributed by atoms with van der Waals surface area (Å²) in [5.74, 6) is -0.486. The lowest BCUT2D eigenvalue weighted by Gasteiger charge is -2.25. The van der Waals surface area contributed by atoms with Crippen molar-refractivity contribution in [1.82, 2.24) is 4.98 Å². The molecule has 0 unspecified atom stereocenters. The minimum absolute atomic E-state index is 0.130. The van der Waals surface area contributed by atoms with Crippen LogP contribution in [0.5, 0.6) is 0 Å². The van der Waals surface area contributed by atoms with Crippen LogP contribution < -0.4 is 4.90 Å². The molecule has 0 aliphatic rings. The van der Waals surface area contributed by atoms with E-state index >= 15 is 0 Å². The SMILES string of the molecule is CCN(CC(C)C)c1cccnc1C(=O)O. The number of carboxylic acids is 1. The van der Waals surface area contributed by atoms with Crippen LogP contribution in [0.3, 0.4) is 0 Å². The van der Waals surface area contributed by atoms with Gasteiger partial charge in [-0.1, -0.05) is 13.8 Å². The van der Waals surface area contributed by atoms with Gasteiger partial charge in [0.05, 0.1) is 5.69 Å². The van der Waals surface area contributed by atoms with E-state index < -0.39 is 5.97 Å². The average Bonchev–Trinajstić information content (AvgIpc) is 2.25. The van der Waals surface area contributed by atoms with Crippen LogP contribution in [0.25, 0.3) is 0 Å². The first kappa shape index (κ1) is 12.5. The molecule has 88 valence electrons. The van der Waals surface area contributed by atoms with Crippen LogP contribution in [0.15, 0.2) is 18.3 Å². The fourth-order valence-corrected chi connectivity index (χ4v) is 1.66. The maximum absolute atomic E-state index is 11.0. The van der Waals surface area contributed by atoms with Gasteiger partial charge in [0.15, 0.2) is 5.69 Å². The number of nitrogens with zero attached hydrogens (tertiary/aromatic N) is 2. The summed E-state index contributed by atoms with van der Waals surface area (Å²) in [5.41, 5.74) is 0.830. The second-order valence-electron chi connectivity index (χ2n) is 4.11. The van der Waals surface area contributed by atoms with Crippen LogP contribution in [-0.2, 0) is 0 Å². The predicted octanol–water partition coefficient (Wildman–Crippen LogP) is 2.26. The van der Waals surface area contributed by atoms with Gasteiger partial charge in [-0.15, -0.1) is 0 Å². The number of hydrogen-bond donors (Lipinski definition) is 1. The lowest BCUT2D eigenvalue weighted by Crippen LogP contribution is -2.29. The van der Waals surface area contributed by atoms with E-state index in [1.807, 2.05) is 17.9 Å². The van der Waals surface area contributed by atoms with Crippen molar-refractivity contribution in [1.29, 1.82) is 0 Å². The molecule has 1 heterocycles. The normalized spacial score (nSPS) is 10.5. The lowest BCUT2D eigenvalue weighted by molar-refractivity contribution is 0.0691. The predicted molar refractivity (Wildman–Crippen MR) is 63.9 cm³/mol. The number of anilines is 1. The number of aromatic nitrogens is 1. The molecule has 1 N–H and O–H groups in total. The molecule has 0 radical (unpaired) electrons. The molecule has 0 spiro atoms. The van der Waals surface area contributed by atoms with Crippen molar-refractivity contribution in [2.75, 3.05) is 18.0 Å². The zero-order valence-corrected chi connectivity index (χ0v) is 9.97. The van der Waals surface area contributed by atoms with E-state index in [9.17, 15) is 4.79 Å². The van der Waals surface area contributed by atoms with Crippen LogP contribution >= 0.6 is 0 Å². The van der Waals surface area contributed by atoms with Gasteiger partial charge in [-0.25, -0.2) is 9.78 Å². The number of carbonyl (C=O) groups is 1. The summed E-state index contributed by atoms with van der Waals surface area (Å²) in [7, 11) is 0. The van der Waals surface area contributed by atoms with Gasteiger partial charge < -0.3 is 10.0 Å². The highest BCUT2D eigenvalue weighted by molar-refractivity contribution is 5.92.